The molecular weight excluding hydrogens is 1250 g/mol. The van der Waals surface area contributed by atoms with Crippen molar-refractivity contribution in [2.24, 2.45) is 5.92 Å². The monoisotopic (exact) mass is 1310 g/mol. The predicted molar refractivity (Wildman–Crippen MR) is 324 cm³/mol. The van der Waals surface area contributed by atoms with Crippen molar-refractivity contribution < 1.29 is 80.7 Å². The van der Waals surface area contributed by atoms with Crippen LogP contribution < -0.4 is 30.3 Å². The smallest absolute Gasteiger partial charge is 0.339 e. The van der Waals surface area contributed by atoms with E-state index in [4.69, 9.17) is 81.2 Å². The van der Waals surface area contributed by atoms with E-state index in [2.05, 4.69) is 18.3 Å². The number of hydrogen-bond donors (Lipinski definition) is 5. The summed E-state index contributed by atoms with van der Waals surface area (Å²) in [5, 5.41) is 31.9. The number of nitrogens with zero attached hydrogens (tertiary/aromatic N) is 4. The maximum Gasteiger partial charge on any atom is 0.339 e. The summed E-state index contributed by atoms with van der Waals surface area (Å²) in [5.41, 5.74) is 8.01. The number of ketones is 3. The highest BCUT2D eigenvalue weighted by Crippen LogP contribution is 2.39. The number of carbonyl (C=O) groups is 6. The third kappa shape index (κ3) is 21.7. The lowest BCUT2D eigenvalue weighted by atomic mass is 9.81. The van der Waals surface area contributed by atoms with Gasteiger partial charge in [0.25, 0.3) is 17.3 Å². The number of methoxy groups -OCH3 is 1. The van der Waals surface area contributed by atoms with Crippen LogP contribution >= 0.6 is 54.0 Å². The van der Waals surface area contributed by atoms with Crippen LogP contribution in [-0.4, -0.2) is 131 Å². The molecule has 25 nitrogen and oxygen atoms in total. The van der Waals surface area contributed by atoms with Crippen molar-refractivity contribution in [2.75, 3.05) is 60.8 Å². The van der Waals surface area contributed by atoms with Crippen LogP contribution in [0.25, 0.3) is 0 Å². The second-order valence-electron chi connectivity index (χ2n) is 18.7. The average molecular weight is 1320 g/mol. The van der Waals surface area contributed by atoms with Crippen LogP contribution in [-0.2, 0) is 49.5 Å². The van der Waals surface area contributed by atoms with Crippen LogP contribution in [0.2, 0.25) is 5.02 Å². The van der Waals surface area contributed by atoms with E-state index < -0.39 is 85.4 Å². The Morgan fingerprint density at radius 2 is 1.53 bits per heavy atom. The van der Waals surface area contributed by atoms with Gasteiger partial charge in [-0.3, -0.25) is 58.9 Å². The average Bonchev–Trinajstić information content (AvgIpc) is 2.76. The van der Waals surface area contributed by atoms with Gasteiger partial charge >= 0.3 is 13.6 Å². The number of para-hydroxylation sites is 4. The molecule has 2 amide bonds. The fourth-order valence-corrected chi connectivity index (χ4v) is 9.82. The van der Waals surface area contributed by atoms with E-state index in [1.807, 2.05) is 63.2 Å². The zero-order valence-electron chi connectivity index (χ0n) is 47.1. The number of carbonyl (C=O) groups excluding carboxylic acids is 5. The van der Waals surface area contributed by atoms with E-state index in [-0.39, 0.29) is 69.7 Å². The molecule has 1 aliphatic heterocycles. The summed E-state index contributed by atoms with van der Waals surface area (Å²) in [5.74, 6) is -3.64. The quantitative estimate of drug-likeness (QED) is 0.0104. The number of aryl methyl sites for hydroxylation is 2. The van der Waals surface area contributed by atoms with E-state index in [0.29, 0.717) is 31.1 Å². The summed E-state index contributed by atoms with van der Waals surface area (Å²) in [4.78, 5) is 109. The highest BCUT2D eigenvalue weighted by Gasteiger charge is 2.39. The number of amides is 2. The molecule has 466 valence electrons. The number of nitro groups is 2. The number of ether oxygens (including phenoxy) is 3. The van der Waals surface area contributed by atoms with E-state index in [9.17, 15) is 62.0 Å². The zero-order chi connectivity index (χ0) is 64.8. The minimum absolute atomic E-state index is 0.0223. The molecule has 1 saturated carbocycles. The number of nitrogen functional groups attached to an aromatic ring is 1. The topological polar surface area (TPSA) is 373 Å². The Bertz CT molecular complexity index is 3400. The minimum Gasteiger partial charge on any atom is -0.489 e. The summed E-state index contributed by atoms with van der Waals surface area (Å²) < 4.78 is 49.2. The molecule has 31 heteroatoms. The Hall–Kier alpha value is -7.10. The molecule has 86 heavy (non-hydrogen) atoms. The minimum atomic E-state index is -4.10. The number of nitro benzene ring substituents is 2. The van der Waals surface area contributed by atoms with Crippen molar-refractivity contribution in [3.8, 4) is 17.2 Å². The number of nitrogens with two attached hydrogens (primary N) is 1. The second-order valence-corrected chi connectivity index (χ2v) is 24.1. The first-order valence-corrected chi connectivity index (χ1v) is 31.1. The van der Waals surface area contributed by atoms with E-state index >= 15 is 0 Å². The number of benzene rings is 5. The molecule has 1 heterocycles. The molecule has 6 N–H and O–H groups in total. The lowest BCUT2D eigenvalue weighted by molar-refractivity contribution is -0.385. The lowest BCUT2D eigenvalue weighted by Crippen LogP contribution is -2.47. The number of anilines is 3. The molecule has 2 atom stereocenters. The number of sulfone groups is 1. The zero-order valence-corrected chi connectivity index (χ0v) is 51.8. The maximum absolute atomic E-state index is 12.4. The Labute approximate surface area is 515 Å². The third-order valence-corrected chi connectivity index (χ3v) is 14.9. The van der Waals surface area contributed by atoms with Crippen molar-refractivity contribution in [3.05, 3.63) is 145 Å². The summed E-state index contributed by atoms with van der Waals surface area (Å²) in [6, 6.07) is 27.7. The van der Waals surface area contributed by atoms with E-state index in [1.54, 1.807) is 41.2 Å². The normalized spacial score (nSPS) is 14.1. The Morgan fingerprint density at radius 1 is 0.930 bits per heavy atom. The molecule has 1 fully saturated rings. The Morgan fingerprint density at radius 3 is 2.07 bits per heavy atom. The van der Waals surface area contributed by atoms with Gasteiger partial charge in [0, 0.05) is 38.3 Å². The number of Topliss-reactive ketones (excluding diaryl/α,β-unsaturated/α-hetero) is 3. The molecule has 0 saturated heterocycles. The van der Waals surface area contributed by atoms with Crippen molar-refractivity contribution in [1.29, 1.82) is 0 Å². The summed E-state index contributed by atoms with van der Waals surface area (Å²) in [7, 11) is -6.16. The van der Waals surface area contributed by atoms with Gasteiger partial charge in [0.2, 0.25) is 5.91 Å². The molecule has 2 aliphatic rings. The van der Waals surface area contributed by atoms with Crippen LogP contribution in [0, 0.1) is 33.1 Å². The molecule has 0 bridgehead atoms. The van der Waals surface area contributed by atoms with E-state index in [0.717, 1.165) is 53.4 Å². The number of alkyl halides is 3. The molecule has 7 rings (SSSR count). The van der Waals surface area contributed by atoms with Crippen molar-refractivity contribution >= 4 is 127 Å². The molecule has 0 radical (unpaired) electrons. The van der Waals surface area contributed by atoms with Gasteiger partial charge in [0.05, 0.1) is 63.2 Å². The second kappa shape index (κ2) is 34.3. The van der Waals surface area contributed by atoms with Crippen LogP contribution in [0.5, 0.6) is 17.2 Å². The fourth-order valence-electron chi connectivity index (χ4n) is 8.24. The SMILES string of the molecule is CC1COc2ccccc2N1C(=O)C(Cl)Cl.CCc1cccc(C)c1N(C(=O)CCl)C(C)COC.CS(=O)(=O)c1ccc(C(=O)C2C(=O)CCCC2=O)c([N+](=O)[O-])c1.Nc1c([N+](=O)[O-])ccc(Oc2ccccc2)c1Cl.O=C(O)CNCP(=O)(O)O. The fraction of sp³-hybridized carbons (Fsp3) is 0.345. The van der Waals surface area contributed by atoms with Gasteiger partial charge in [-0.1, -0.05) is 90.3 Å². The number of carboxylic acid groups (broad SMARTS) is 1. The van der Waals surface area contributed by atoms with Gasteiger partial charge in [-0.15, -0.1) is 11.6 Å². The van der Waals surface area contributed by atoms with Gasteiger partial charge in [0.1, 0.15) is 46.4 Å². The first-order chi connectivity index (χ1) is 40.3. The van der Waals surface area contributed by atoms with Crippen molar-refractivity contribution in [2.45, 2.75) is 75.2 Å². The largest absolute Gasteiger partial charge is 0.489 e. The Balaban J connectivity index is 0.000000287. The number of hydrogen-bond acceptors (Lipinski definition) is 18. The Kier molecular flexibility index (Phi) is 29.2. The standard InChI is InChI=1S/C15H22ClNO2.C14H13NO7S.C12H9ClN2O3.C11H11Cl2NO2.C3H8NO5P/c1-5-13-8-6-7-11(2)15(13)17(14(18)9-16)12(3)10-19-4;1-23(21,22)8-5-6-9(10(7-8)15(19)20)14(18)13-11(16)3-2-4-12(13)17;13-11-10(18-8-4-2-1-3-5-8)7-6-9(12(11)14)15(16)17;1-7-6-16-9-5-3-2-4-8(9)14(7)11(15)10(12)13;5-3(6)1-4-2-10(7,8)9/h6-8,12H,5,9-10H2,1-4H3;5-7,13H,2-4H2,1H3;1-7H,14H2;2-5,7,10H,6H2,1H3;4H,1-2H2,(H,5,6)(H2,7,8,9). The molecular formula is C55H63Cl4N6O19PS. The molecule has 5 aromatic rings. The van der Waals surface area contributed by atoms with Crippen molar-refractivity contribution in [1.82, 2.24) is 5.32 Å². The molecule has 1 aliphatic carbocycles. The number of carboxylic acids is 1. The van der Waals surface area contributed by atoms with Gasteiger partial charge < -0.3 is 44.6 Å². The molecule has 0 aromatic heterocycles. The van der Waals surface area contributed by atoms with Crippen LogP contribution in [0.1, 0.15) is 61.5 Å². The number of fused-ring (bicyclic) bond motifs is 1. The first kappa shape index (κ1) is 73.2. The summed E-state index contributed by atoms with van der Waals surface area (Å²) >= 11 is 22.9. The molecule has 2 unspecified atom stereocenters. The van der Waals surface area contributed by atoms with Crippen molar-refractivity contribution in [3.63, 3.8) is 0 Å². The number of halogens is 4. The highest BCUT2D eigenvalue weighted by atomic mass is 35.5. The third-order valence-electron chi connectivity index (χ3n) is 12.1. The van der Waals surface area contributed by atoms with Crippen LogP contribution in [0.3, 0.4) is 0 Å². The van der Waals surface area contributed by atoms with Gasteiger partial charge in [0.15, 0.2) is 32.0 Å². The van der Waals surface area contributed by atoms with Gasteiger partial charge in [-0.2, -0.15) is 0 Å². The summed E-state index contributed by atoms with van der Waals surface area (Å²) in [6.45, 7) is 8.46. The summed E-state index contributed by atoms with van der Waals surface area (Å²) in [6.07, 6.45) is 1.65. The van der Waals surface area contributed by atoms with E-state index in [1.165, 1.54) is 12.1 Å². The van der Waals surface area contributed by atoms with Crippen LogP contribution in [0.15, 0.2) is 108 Å². The highest BCUT2D eigenvalue weighted by molar-refractivity contribution is 7.90. The van der Waals surface area contributed by atoms with Gasteiger partial charge in [-0.25, -0.2) is 8.42 Å². The van der Waals surface area contributed by atoms with Gasteiger partial charge in [-0.05, 0) is 87.2 Å². The number of rotatable bonds is 18. The van der Waals surface area contributed by atoms with Crippen LogP contribution in [0.4, 0.5) is 28.4 Å². The lowest BCUT2D eigenvalue weighted by Gasteiger charge is -2.35. The predicted octanol–water partition coefficient (Wildman–Crippen LogP) is 9.31. The molecule has 5 aromatic carbocycles. The first-order valence-electron chi connectivity index (χ1n) is 25.6. The number of nitrogens with one attached hydrogen (secondary N) is 1. The molecule has 0 spiro atoms. The number of aliphatic carboxylic acids is 1. The maximum atomic E-state index is 12.4.